The fourth-order valence-corrected chi connectivity index (χ4v) is 1.56. The lowest BCUT2D eigenvalue weighted by molar-refractivity contribution is 0.279. The molecule has 0 aliphatic rings. The summed E-state index contributed by atoms with van der Waals surface area (Å²) in [6, 6.07) is 0.846. The quantitative estimate of drug-likeness (QED) is 0.444. The third kappa shape index (κ3) is 3.43. The maximum absolute atomic E-state index is 5.42. The number of rotatable bonds is 4. The summed E-state index contributed by atoms with van der Waals surface area (Å²) in [6.45, 7) is 0. The van der Waals surface area contributed by atoms with E-state index in [0.717, 1.165) is 6.04 Å². The van der Waals surface area contributed by atoms with Crippen molar-refractivity contribution in [1.82, 2.24) is 0 Å². The van der Waals surface area contributed by atoms with Crippen LogP contribution in [-0.4, -0.2) is 29.4 Å². The van der Waals surface area contributed by atoms with Crippen LogP contribution in [0.3, 0.4) is 0 Å². The molecule has 0 N–H and O–H groups in total. The highest BCUT2D eigenvalue weighted by atomic mass is 35.5. The second-order valence-electron chi connectivity index (χ2n) is 1.22. The molecule has 0 saturated heterocycles. The second kappa shape index (κ2) is 5.56. The van der Waals surface area contributed by atoms with E-state index in [1.54, 1.807) is 14.2 Å². The second-order valence-corrected chi connectivity index (χ2v) is 3.66. The van der Waals surface area contributed by atoms with Gasteiger partial charge in [-0.15, -0.1) is 11.6 Å². The molecule has 0 atom stereocenters. The van der Waals surface area contributed by atoms with Crippen LogP contribution in [0.25, 0.3) is 0 Å². The van der Waals surface area contributed by atoms with Crippen LogP contribution in [0.2, 0.25) is 6.04 Å². The lowest BCUT2D eigenvalue weighted by atomic mass is 11.0. The maximum atomic E-state index is 5.42. The van der Waals surface area contributed by atoms with E-state index in [-0.39, 0.29) is 0 Å². The van der Waals surface area contributed by atoms with E-state index >= 15 is 0 Å². The number of alkyl halides is 1. The van der Waals surface area contributed by atoms with E-state index in [2.05, 4.69) is 0 Å². The fourth-order valence-electron chi connectivity index (χ4n) is 0.365. The first-order chi connectivity index (χ1) is 3.85. The highest BCUT2D eigenvalue weighted by Gasteiger charge is 2.08. The van der Waals surface area contributed by atoms with Gasteiger partial charge in [-0.25, -0.2) is 0 Å². The standard InChI is InChI=1S/C4H10ClO2Si/c1-6-8(7-2)4-3-5/h3-4H2,1-2H3. The molecule has 0 unspecified atom stereocenters. The van der Waals surface area contributed by atoms with Crippen molar-refractivity contribution in [2.24, 2.45) is 0 Å². The molecule has 4 heteroatoms. The van der Waals surface area contributed by atoms with E-state index in [1.807, 2.05) is 0 Å². The molecule has 8 heavy (non-hydrogen) atoms. The van der Waals surface area contributed by atoms with E-state index in [4.69, 9.17) is 20.5 Å². The van der Waals surface area contributed by atoms with Crippen LogP contribution in [0.4, 0.5) is 0 Å². The van der Waals surface area contributed by atoms with Gasteiger partial charge in [-0.1, -0.05) is 0 Å². The first-order valence-electron chi connectivity index (χ1n) is 2.35. The van der Waals surface area contributed by atoms with Gasteiger partial charge in [0.25, 0.3) is 0 Å². The van der Waals surface area contributed by atoms with E-state index < -0.39 is 9.28 Å². The average molecular weight is 154 g/mol. The number of hydrogen-bond acceptors (Lipinski definition) is 2. The summed E-state index contributed by atoms with van der Waals surface area (Å²) in [7, 11) is 2.28. The summed E-state index contributed by atoms with van der Waals surface area (Å²) in [4.78, 5) is 0. The minimum Gasteiger partial charge on any atom is -0.397 e. The van der Waals surface area contributed by atoms with Crippen molar-refractivity contribution in [3.8, 4) is 0 Å². The Hall–Kier alpha value is 0.427. The fraction of sp³-hybridized carbons (Fsp3) is 1.00. The molecular weight excluding hydrogens is 144 g/mol. The molecule has 0 fully saturated rings. The Balaban J connectivity index is 3.07. The first-order valence-corrected chi connectivity index (χ1v) is 4.40. The first kappa shape index (κ1) is 8.43. The van der Waals surface area contributed by atoms with Crippen molar-refractivity contribution >= 4 is 20.9 Å². The SMILES string of the molecule is CO[Si](CCCl)OC. The van der Waals surface area contributed by atoms with Crippen LogP contribution in [0, 0.1) is 0 Å². The van der Waals surface area contributed by atoms with Gasteiger partial charge in [-0.05, 0) is 0 Å². The number of hydrogen-bond donors (Lipinski definition) is 0. The van der Waals surface area contributed by atoms with Crippen LogP contribution in [0.1, 0.15) is 0 Å². The Kier molecular flexibility index (Phi) is 5.86. The van der Waals surface area contributed by atoms with Crippen LogP contribution in [0.5, 0.6) is 0 Å². The summed E-state index contributed by atoms with van der Waals surface area (Å²) >= 11 is 5.42. The molecule has 0 amide bonds. The van der Waals surface area contributed by atoms with Gasteiger partial charge >= 0.3 is 9.28 Å². The monoisotopic (exact) mass is 153 g/mol. The molecule has 0 rings (SSSR count). The molecular formula is C4H10ClO2Si. The van der Waals surface area contributed by atoms with Gasteiger partial charge in [0.05, 0.1) is 0 Å². The molecule has 0 aromatic heterocycles. The molecule has 1 radical (unpaired) electrons. The predicted octanol–water partition coefficient (Wildman–Crippen LogP) is 1.01. The van der Waals surface area contributed by atoms with Crippen molar-refractivity contribution < 1.29 is 8.85 Å². The van der Waals surface area contributed by atoms with Gasteiger partial charge < -0.3 is 8.85 Å². The van der Waals surface area contributed by atoms with Crippen molar-refractivity contribution in [3.63, 3.8) is 0 Å². The molecule has 0 aromatic rings. The van der Waals surface area contributed by atoms with E-state index in [9.17, 15) is 0 Å². The topological polar surface area (TPSA) is 18.5 Å². The molecule has 49 valence electrons. The minimum absolute atomic E-state index is 0.621. The van der Waals surface area contributed by atoms with Gasteiger partial charge in [-0.2, -0.15) is 0 Å². The highest BCUT2D eigenvalue weighted by Crippen LogP contribution is 1.94. The Morgan fingerprint density at radius 3 is 2.00 bits per heavy atom. The van der Waals surface area contributed by atoms with E-state index in [0.29, 0.717) is 5.88 Å². The van der Waals surface area contributed by atoms with Crippen LogP contribution >= 0.6 is 11.6 Å². The Morgan fingerprint density at radius 2 is 1.88 bits per heavy atom. The molecule has 0 aromatic carbocycles. The van der Waals surface area contributed by atoms with Crippen molar-refractivity contribution in [2.45, 2.75) is 6.04 Å². The zero-order chi connectivity index (χ0) is 6.41. The van der Waals surface area contributed by atoms with Crippen molar-refractivity contribution in [2.75, 3.05) is 20.1 Å². The minimum atomic E-state index is -1.01. The van der Waals surface area contributed by atoms with Crippen LogP contribution in [0.15, 0.2) is 0 Å². The summed E-state index contributed by atoms with van der Waals surface area (Å²) in [5, 5.41) is 0. The summed E-state index contributed by atoms with van der Waals surface area (Å²) < 4.78 is 9.87. The Labute approximate surface area is 56.6 Å². The van der Waals surface area contributed by atoms with Gasteiger partial charge in [0.15, 0.2) is 0 Å². The largest absolute Gasteiger partial charge is 0.397 e. The van der Waals surface area contributed by atoms with Crippen LogP contribution in [-0.2, 0) is 8.85 Å². The summed E-state index contributed by atoms with van der Waals surface area (Å²) in [6.07, 6.45) is 0. The Bertz CT molecular complexity index is 49.3. The maximum Gasteiger partial charge on any atom is 0.385 e. The van der Waals surface area contributed by atoms with Gasteiger partial charge in [-0.3, -0.25) is 0 Å². The number of halogens is 1. The van der Waals surface area contributed by atoms with E-state index in [1.165, 1.54) is 0 Å². The lowest BCUT2D eigenvalue weighted by Crippen LogP contribution is -2.18. The molecule has 0 aliphatic heterocycles. The lowest BCUT2D eigenvalue weighted by Gasteiger charge is -2.04. The van der Waals surface area contributed by atoms with Gasteiger partial charge in [0.1, 0.15) is 0 Å². The molecule has 0 saturated carbocycles. The molecule has 0 spiro atoms. The normalized spacial score (nSPS) is 10.5. The summed E-state index contributed by atoms with van der Waals surface area (Å²) in [5.41, 5.74) is 0. The average Bonchev–Trinajstić information content (AvgIpc) is 1.83. The van der Waals surface area contributed by atoms with Crippen molar-refractivity contribution in [1.29, 1.82) is 0 Å². The third-order valence-electron chi connectivity index (χ3n) is 0.754. The molecule has 0 heterocycles. The predicted molar refractivity (Wildman–Crippen MR) is 35.3 cm³/mol. The molecule has 0 aliphatic carbocycles. The summed E-state index contributed by atoms with van der Waals surface area (Å²) in [5.74, 6) is 0.621. The molecule has 0 bridgehead atoms. The Morgan fingerprint density at radius 1 is 1.38 bits per heavy atom. The van der Waals surface area contributed by atoms with Crippen LogP contribution < -0.4 is 0 Å². The zero-order valence-corrected chi connectivity index (χ0v) is 6.86. The smallest absolute Gasteiger partial charge is 0.385 e. The third-order valence-corrected chi connectivity index (χ3v) is 2.83. The van der Waals surface area contributed by atoms with Gasteiger partial charge in [0, 0.05) is 26.1 Å². The highest BCUT2D eigenvalue weighted by molar-refractivity contribution is 6.45. The molecule has 2 nitrogen and oxygen atoms in total. The van der Waals surface area contributed by atoms with Gasteiger partial charge in [0.2, 0.25) is 0 Å². The van der Waals surface area contributed by atoms with Crippen molar-refractivity contribution in [3.05, 3.63) is 0 Å². The zero-order valence-electron chi connectivity index (χ0n) is 5.11.